The summed E-state index contributed by atoms with van der Waals surface area (Å²) in [5, 5.41) is 23.6. The Bertz CT molecular complexity index is 667. The van der Waals surface area contributed by atoms with E-state index in [0.29, 0.717) is 19.0 Å². The molecule has 2 aliphatic heterocycles. The number of fused-ring (bicyclic) bond motifs is 1. The fraction of sp³-hybridized carbons (Fsp3) is 0.722. The van der Waals surface area contributed by atoms with Crippen LogP contribution < -0.4 is 0 Å². The van der Waals surface area contributed by atoms with E-state index >= 15 is 0 Å². The Balaban J connectivity index is 1.38. The molecule has 0 radical (unpaired) electrons. The molecule has 7 nitrogen and oxygen atoms in total. The minimum absolute atomic E-state index is 0.394. The highest BCUT2D eigenvalue weighted by Gasteiger charge is 2.28. The molecule has 1 saturated heterocycles. The molecule has 0 spiro atoms. The third-order valence-corrected chi connectivity index (χ3v) is 5.43. The summed E-state index contributed by atoms with van der Waals surface area (Å²) in [7, 11) is 0. The van der Waals surface area contributed by atoms with Crippen molar-refractivity contribution in [1.29, 1.82) is 0 Å². The van der Waals surface area contributed by atoms with Gasteiger partial charge in [-0.25, -0.2) is 0 Å². The van der Waals surface area contributed by atoms with Crippen LogP contribution in [0.1, 0.15) is 49.7 Å². The first-order valence-corrected chi connectivity index (χ1v) is 9.59. The van der Waals surface area contributed by atoms with E-state index in [0.717, 1.165) is 32.5 Å². The number of aromatic nitrogens is 5. The molecule has 7 heteroatoms. The SMILES string of the molecule is OC(CN1CCCC(c2nnc3n2CCCCC3)C1)Cn1cccn1. The number of β-amino-alcohol motifs (C(OH)–C–C–N with tert-alkyl or cyclic N) is 1. The number of piperidine rings is 1. The standard InChI is InChI=1S/C18H28N6O/c25-16(14-23-10-5-8-19-23)13-22-9-4-6-15(12-22)18-21-20-17-7-2-1-3-11-24(17)18/h5,8,10,15-16,25H,1-4,6-7,9,11-14H2. The topological polar surface area (TPSA) is 72.0 Å². The van der Waals surface area contributed by atoms with Crippen LogP contribution in [0.15, 0.2) is 18.5 Å². The van der Waals surface area contributed by atoms with E-state index in [2.05, 4.69) is 24.8 Å². The van der Waals surface area contributed by atoms with Crippen molar-refractivity contribution in [3.63, 3.8) is 0 Å². The maximum atomic E-state index is 10.4. The number of likely N-dealkylation sites (tertiary alicyclic amines) is 1. The molecule has 0 amide bonds. The van der Waals surface area contributed by atoms with Crippen LogP contribution in [0.2, 0.25) is 0 Å². The van der Waals surface area contributed by atoms with E-state index in [9.17, 15) is 5.11 Å². The maximum Gasteiger partial charge on any atom is 0.137 e. The Hall–Kier alpha value is -1.73. The van der Waals surface area contributed by atoms with Gasteiger partial charge in [0.2, 0.25) is 0 Å². The average molecular weight is 344 g/mol. The van der Waals surface area contributed by atoms with Crippen LogP contribution in [-0.4, -0.2) is 60.3 Å². The number of nitrogens with zero attached hydrogens (tertiary/aromatic N) is 6. The molecule has 0 aromatic carbocycles. The van der Waals surface area contributed by atoms with E-state index in [1.54, 1.807) is 10.9 Å². The van der Waals surface area contributed by atoms with Crippen LogP contribution >= 0.6 is 0 Å². The van der Waals surface area contributed by atoms with Gasteiger partial charge in [-0.05, 0) is 38.3 Å². The zero-order chi connectivity index (χ0) is 17.1. The minimum Gasteiger partial charge on any atom is -0.390 e. The highest BCUT2D eigenvalue weighted by molar-refractivity contribution is 5.05. The lowest BCUT2D eigenvalue weighted by Crippen LogP contribution is -2.41. The molecule has 4 rings (SSSR count). The van der Waals surface area contributed by atoms with Crippen molar-refractivity contribution in [2.45, 2.75) is 63.6 Å². The maximum absolute atomic E-state index is 10.4. The van der Waals surface area contributed by atoms with E-state index in [1.165, 1.54) is 37.3 Å². The largest absolute Gasteiger partial charge is 0.390 e. The van der Waals surface area contributed by atoms with Gasteiger partial charge in [0.15, 0.2) is 0 Å². The summed E-state index contributed by atoms with van der Waals surface area (Å²) in [4.78, 5) is 2.38. The van der Waals surface area contributed by atoms with Gasteiger partial charge in [-0.3, -0.25) is 9.58 Å². The zero-order valence-electron chi connectivity index (χ0n) is 14.8. The summed E-state index contributed by atoms with van der Waals surface area (Å²) in [6, 6.07) is 1.89. The molecule has 1 N–H and O–H groups in total. The number of rotatable bonds is 5. The van der Waals surface area contributed by atoms with Gasteiger partial charge >= 0.3 is 0 Å². The Labute approximate surface area is 148 Å². The van der Waals surface area contributed by atoms with Crippen LogP contribution in [0.4, 0.5) is 0 Å². The minimum atomic E-state index is -0.394. The van der Waals surface area contributed by atoms with Crippen molar-refractivity contribution in [1.82, 2.24) is 29.4 Å². The highest BCUT2D eigenvalue weighted by Crippen LogP contribution is 2.28. The van der Waals surface area contributed by atoms with E-state index in [1.807, 2.05) is 12.3 Å². The number of hydrogen-bond donors (Lipinski definition) is 1. The van der Waals surface area contributed by atoms with Gasteiger partial charge in [0, 0.05) is 44.4 Å². The molecular weight excluding hydrogens is 316 g/mol. The molecule has 1 fully saturated rings. The average Bonchev–Trinajstić information content (AvgIpc) is 3.20. The second-order valence-electron chi connectivity index (χ2n) is 7.42. The smallest absolute Gasteiger partial charge is 0.137 e. The van der Waals surface area contributed by atoms with Crippen molar-refractivity contribution in [2.75, 3.05) is 19.6 Å². The Morgan fingerprint density at radius 3 is 2.96 bits per heavy atom. The molecule has 4 heterocycles. The molecule has 2 aromatic heterocycles. The summed E-state index contributed by atoms with van der Waals surface area (Å²) < 4.78 is 4.17. The molecule has 2 aliphatic rings. The number of hydrogen-bond acceptors (Lipinski definition) is 5. The number of aliphatic hydroxyl groups excluding tert-OH is 1. The van der Waals surface area contributed by atoms with Crippen molar-refractivity contribution < 1.29 is 5.11 Å². The molecule has 136 valence electrons. The van der Waals surface area contributed by atoms with Gasteiger partial charge in [0.1, 0.15) is 11.6 Å². The highest BCUT2D eigenvalue weighted by atomic mass is 16.3. The van der Waals surface area contributed by atoms with E-state index < -0.39 is 6.10 Å². The van der Waals surface area contributed by atoms with Gasteiger partial charge in [-0.15, -0.1) is 10.2 Å². The van der Waals surface area contributed by atoms with Crippen LogP contribution in [0, 0.1) is 0 Å². The predicted octanol–water partition coefficient (Wildman–Crippen LogP) is 1.44. The first-order chi connectivity index (χ1) is 12.3. The summed E-state index contributed by atoms with van der Waals surface area (Å²) in [5.41, 5.74) is 0. The Morgan fingerprint density at radius 2 is 2.08 bits per heavy atom. The summed E-state index contributed by atoms with van der Waals surface area (Å²) in [5.74, 6) is 2.77. The Kier molecular flexibility index (Phi) is 5.12. The molecule has 2 aromatic rings. The van der Waals surface area contributed by atoms with E-state index in [-0.39, 0.29) is 0 Å². The summed E-state index contributed by atoms with van der Waals surface area (Å²) in [6.45, 7) is 4.32. The first kappa shape index (κ1) is 16.7. The zero-order valence-corrected chi connectivity index (χ0v) is 14.8. The molecule has 0 bridgehead atoms. The fourth-order valence-electron chi connectivity index (χ4n) is 4.22. The monoisotopic (exact) mass is 344 g/mol. The van der Waals surface area contributed by atoms with Crippen molar-refractivity contribution in [3.05, 3.63) is 30.1 Å². The fourth-order valence-corrected chi connectivity index (χ4v) is 4.22. The second-order valence-corrected chi connectivity index (χ2v) is 7.42. The number of aliphatic hydroxyl groups is 1. The van der Waals surface area contributed by atoms with Crippen LogP contribution in [0.25, 0.3) is 0 Å². The molecular formula is C18H28N6O. The predicted molar refractivity (Wildman–Crippen MR) is 94.2 cm³/mol. The molecule has 2 unspecified atom stereocenters. The Morgan fingerprint density at radius 1 is 1.12 bits per heavy atom. The lowest BCUT2D eigenvalue weighted by Gasteiger charge is -2.33. The summed E-state index contributed by atoms with van der Waals surface area (Å²) in [6.07, 6.45) is 10.4. The van der Waals surface area contributed by atoms with Gasteiger partial charge in [0.25, 0.3) is 0 Å². The van der Waals surface area contributed by atoms with E-state index in [4.69, 9.17) is 0 Å². The van der Waals surface area contributed by atoms with Crippen LogP contribution in [0.3, 0.4) is 0 Å². The van der Waals surface area contributed by atoms with Crippen LogP contribution in [-0.2, 0) is 19.5 Å². The lowest BCUT2D eigenvalue weighted by atomic mass is 9.96. The second kappa shape index (κ2) is 7.66. The lowest BCUT2D eigenvalue weighted by molar-refractivity contribution is 0.0796. The normalized spacial score (nSPS) is 23.2. The van der Waals surface area contributed by atoms with Crippen LogP contribution in [0.5, 0.6) is 0 Å². The molecule has 2 atom stereocenters. The van der Waals surface area contributed by atoms with Crippen molar-refractivity contribution >= 4 is 0 Å². The van der Waals surface area contributed by atoms with Crippen molar-refractivity contribution in [2.24, 2.45) is 0 Å². The van der Waals surface area contributed by atoms with Gasteiger partial charge in [0.05, 0.1) is 12.6 Å². The first-order valence-electron chi connectivity index (χ1n) is 9.59. The third kappa shape index (κ3) is 3.93. The number of aryl methyl sites for hydroxylation is 1. The van der Waals surface area contributed by atoms with Gasteiger partial charge in [-0.1, -0.05) is 6.42 Å². The summed E-state index contributed by atoms with van der Waals surface area (Å²) >= 11 is 0. The molecule has 0 aliphatic carbocycles. The van der Waals surface area contributed by atoms with Crippen molar-refractivity contribution in [3.8, 4) is 0 Å². The molecule has 0 saturated carbocycles. The third-order valence-electron chi connectivity index (χ3n) is 5.43. The van der Waals surface area contributed by atoms with Gasteiger partial charge in [-0.2, -0.15) is 5.10 Å². The quantitative estimate of drug-likeness (QED) is 0.889. The molecule has 25 heavy (non-hydrogen) atoms. The van der Waals surface area contributed by atoms with Gasteiger partial charge < -0.3 is 9.67 Å².